The molecule has 0 aromatic heterocycles. The predicted octanol–water partition coefficient (Wildman–Crippen LogP) is 2.83. The molecule has 5 heteroatoms. The number of nitrogens with one attached hydrogen (secondary N) is 2. The maximum absolute atomic E-state index is 4.62. The first-order valence-electron chi connectivity index (χ1n) is 7.40. The van der Waals surface area contributed by atoms with Gasteiger partial charge in [0.25, 0.3) is 0 Å². The van der Waals surface area contributed by atoms with Crippen molar-refractivity contribution >= 4 is 29.9 Å². The topological polar surface area (TPSA) is 39.7 Å². The molecule has 0 saturated heterocycles. The predicted molar refractivity (Wildman–Crippen MR) is 102 cm³/mol. The lowest BCUT2D eigenvalue weighted by molar-refractivity contribution is 0.402. The van der Waals surface area contributed by atoms with Crippen LogP contribution in [-0.4, -0.2) is 38.0 Å². The van der Waals surface area contributed by atoms with Crippen LogP contribution in [0.3, 0.4) is 0 Å². The molecule has 21 heavy (non-hydrogen) atoms. The third-order valence-corrected chi connectivity index (χ3v) is 2.80. The molecule has 1 rings (SSSR count). The first-order chi connectivity index (χ1) is 9.65. The van der Waals surface area contributed by atoms with E-state index in [0.717, 1.165) is 32.0 Å². The molecule has 0 unspecified atom stereocenters. The number of guanidine groups is 1. The number of benzene rings is 1. The van der Waals surface area contributed by atoms with Crippen molar-refractivity contribution in [3.05, 3.63) is 35.4 Å². The van der Waals surface area contributed by atoms with Gasteiger partial charge in [-0.25, -0.2) is 4.99 Å². The van der Waals surface area contributed by atoms with E-state index in [9.17, 15) is 0 Å². The van der Waals surface area contributed by atoms with E-state index < -0.39 is 0 Å². The largest absolute Gasteiger partial charge is 0.357 e. The van der Waals surface area contributed by atoms with Crippen LogP contribution in [0.25, 0.3) is 0 Å². The number of rotatable bonds is 7. The van der Waals surface area contributed by atoms with Crippen LogP contribution in [0.2, 0.25) is 0 Å². The average Bonchev–Trinajstić information content (AvgIpc) is 2.41. The molecule has 0 spiro atoms. The molecule has 1 aromatic rings. The quantitative estimate of drug-likeness (QED) is 0.417. The van der Waals surface area contributed by atoms with Crippen molar-refractivity contribution in [1.29, 1.82) is 0 Å². The molecule has 0 amide bonds. The molecule has 2 N–H and O–H groups in total. The standard InChI is InChI=1S/C16H28N4.HI/c1-5-10-18-16(17-6-2)19-12-14-8-7-9-15(11-14)13-20(3)4;/h7-9,11H,5-6,10,12-13H2,1-4H3,(H2,17,18,19);1H. The van der Waals surface area contributed by atoms with Crippen LogP contribution in [0.1, 0.15) is 31.4 Å². The summed E-state index contributed by atoms with van der Waals surface area (Å²) in [5, 5.41) is 6.58. The van der Waals surface area contributed by atoms with Gasteiger partial charge in [0.1, 0.15) is 0 Å². The number of aliphatic imine (C=N–C) groups is 1. The molecule has 0 saturated carbocycles. The highest BCUT2D eigenvalue weighted by molar-refractivity contribution is 14.0. The smallest absolute Gasteiger partial charge is 0.191 e. The van der Waals surface area contributed by atoms with E-state index in [-0.39, 0.29) is 24.0 Å². The van der Waals surface area contributed by atoms with Crippen LogP contribution in [-0.2, 0) is 13.1 Å². The summed E-state index contributed by atoms with van der Waals surface area (Å²) in [6.45, 7) is 7.75. The summed E-state index contributed by atoms with van der Waals surface area (Å²) in [4.78, 5) is 6.80. The minimum Gasteiger partial charge on any atom is -0.357 e. The molecule has 1 aromatic carbocycles. The van der Waals surface area contributed by atoms with Gasteiger partial charge in [-0.2, -0.15) is 0 Å². The van der Waals surface area contributed by atoms with Gasteiger partial charge >= 0.3 is 0 Å². The van der Waals surface area contributed by atoms with Gasteiger partial charge in [-0.05, 0) is 38.6 Å². The highest BCUT2D eigenvalue weighted by Gasteiger charge is 1.99. The fraction of sp³-hybridized carbons (Fsp3) is 0.562. The van der Waals surface area contributed by atoms with E-state index >= 15 is 0 Å². The van der Waals surface area contributed by atoms with E-state index in [1.807, 2.05) is 0 Å². The molecular weight excluding hydrogens is 375 g/mol. The molecule has 0 atom stereocenters. The van der Waals surface area contributed by atoms with Gasteiger partial charge in [-0.1, -0.05) is 31.2 Å². The summed E-state index contributed by atoms with van der Waals surface area (Å²) < 4.78 is 0. The molecule has 0 aliphatic carbocycles. The minimum atomic E-state index is 0. The van der Waals surface area contributed by atoms with E-state index in [0.29, 0.717) is 6.54 Å². The first-order valence-corrected chi connectivity index (χ1v) is 7.40. The Labute approximate surface area is 146 Å². The van der Waals surface area contributed by atoms with Crippen LogP contribution in [0, 0.1) is 0 Å². The summed E-state index contributed by atoms with van der Waals surface area (Å²) in [7, 11) is 4.17. The minimum absolute atomic E-state index is 0. The van der Waals surface area contributed by atoms with E-state index in [4.69, 9.17) is 0 Å². The van der Waals surface area contributed by atoms with Gasteiger partial charge in [-0.15, -0.1) is 24.0 Å². The molecule has 0 radical (unpaired) electrons. The number of halogens is 1. The number of hydrogen-bond donors (Lipinski definition) is 2. The average molecular weight is 404 g/mol. The van der Waals surface area contributed by atoms with E-state index in [2.05, 4.69) is 72.7 Å². The van der Waals surface area contributed by atoms with Gasteiger partial charge in [0.15, 0.2) is 5.96 Å². The zero-order chi connectivity index (χ0) is 14.8. The Bertz CT molecular complexity index is 418. The lowest BCUT2D eigenvalue weighted by Gasteiger charge is -2.12. The van der Waals surface area contributed by atoms with Gasteiger partial charge in [-0.3, -0.25) is 0 Å². The second kappa shape index (κ2) is 11.8. The zero-order valence-electron chi connectivity index (χ0n) is 13.6. The Kier molecular flexibility index (Phi) is 11.3. The van der Waals surface area contributed by atoms with Crippen LogP contribution < -0.4 is 10.6 Å². The van der Waals surface area contributed by atoms with Crippen LogP contribution in [0.4, 0.5) is 0 Å². The lowest BCUT2D eigenvalue weighted by Crippen LogP contribution is -2.37. The maximum atomic E-state index is 4.62. The van der Waals surface area contributed by atoms with Crippen molar-refractivity contribution in [3.63, 3.8) is 0 Å². The molecule has 0 fully saturated rings. The third kappa shape index (κ3) is 8.93. The maximum Gasteiger partial charge on any atom is 0.191 e. The Morgan fingerprint density at radius 2 is 1.86 bits per heavy atom. The Hall–Kier alpha value is -0.820. The summed E-state index contributed by atoms with van der Waals surface area (Å²) in [5.41, 5.74) is 2.58. The summed E-state index contributed by atoms with van der Waals surface area (Å²) in [6, 6.07) is 8.63. The van der Waals surface area contributed by atoms with Gasteiger partial charge in [0.05, 0.1) is 6.54 Å². The highest BCUT2D eigenvalue weighted by Crippen LogP contribution is 2.08. The Balaban J connectivity index is 0.00000400. The molecule has 0 aliphatic heterocycles. The number of nitrogens with zero attached hydrogens (tertiary/aromatic N) is 2. The normalized spacial score (nSPS) is 11.2. The summed E-state index contributed by atoms with van der Waals surface area (Å²) >= 11 is 0. The van der Waals surface area contributed by atoms with Crippen molar-refractivity contribution in [2.45, 2.75) is 33.4 Å². The molecule has 0 heterocycles. The van der Waals surface area contributed by atoms with Crippen LogP contribution in [0.5, 0.6) is 0 Å². The van der Waals surface area contributed by atoms with Crippen molar-refractivity contribution in [3.8, 4) is 0 Å². The van der Waals surface area contributed by atoms with Gasteiger partial charge in [0.2, 0.25) is 0 Å². The summed E-state index contributed by atoms with van der Waals surface area (Å²) in [6.07, 6.45) is 1.10. The monoisotopic (exact) mass is 404 g/mol. The Morgan fingerprint density at radius 3 is 2.48 bits per heavy atom. The highest BCUT2D eigenvalue weighted by atomic mass is 127. The van der Waals surface area contributed by atoms with Crippen LogP contribution in [0.15, 0.2) is 29.3 Å². The van der Waals surface area contributed by atoms with Gasteiger partial charge in [0, 0.05) is 19.6 Å². The van der Waals surface area contributed by atoms with Gasteiger partial charge < -0.3 is 15.5 Å². The van der Waals surface area contributed by atoms with Crippen molar-refractivity contribution in [1.82, 2.24) is 15.5 Å². The van der Waals surface area contributed by atoms with Crippen molar-refractivity contribution in [2.24, 2.45) is 4.99 Å². The SMILES string of the molecule is CCCNC(=NCc1cccc(CN(C)C)c1)NCC.I. The number of hydrogen-bond acceptors (Lipinski definition) is 2. The van der Waals surface area contributed by atoms with E-state index in [1.165, 1.54) is 11.1 Å². The van der Waals surface area contributed by atoms with Crippen LogP contribution >= 0.6 is 24.0 Å². The molecule has 0 aliphatic rings. The Morgan fingerprint density at radius 1 is 1.14 bits per heavy atom. The summed E-state index contributed by atoms with van der Waals surface area (Å²) in [5.74, 6) is 0.896. The molecular formula is C16H29IN4. The van der Waals surface area contributed by atoms with Crippen molar-refractivity contribution < 1.29 is 0 Å². The van der Waals surface area contributed by atoms with Crippen molar-refractivity contribution in [2.75, 3.05) is 27.2 Å². The third-order valence-electron chi connectivity index (χ3n) is 2.80. The molecule has 120 valence electrons. The fourth-order valence-electron chi connectivity index (χ4n) is 1.95. The molecule has 4 nitrogen and oxygen atoms in total. The lowest BCUT2D eigenvalue weighted by atomic mass is 10.1. The fourth-order valence-corrected chi connectivity index (χ4v) is 1.95. The second-order valence-corrected chi connectivity index (χ2v) is 5.18. The second-order valence-electron chi connectivity index (χ2n) is 5.18. The van der Waals surface area contributed by atoms with E-state index in [1.54, 1.807) is 0 Å². The molecule has 0 bridgehead atoms. The first kappa shape index (κ1) is 20.2. The zero-order valence-corrected chi connectivity index (χ0v) is 16.0.